The molecule has 3 heteroatoms. The van der Waals surface area contributed by atoms with Crippen LogP contribution in [0, 0.1) is 11.8 Å². The first-order chi connectivity index (χ1) is 7.72. The van der Waals surface area contributed by atoms with Gasteiger partial charge in [0.2, 0.25) is 0 Å². The molecule has 3 heterocycles. The molecule has 3 saturated heterocycles. The lowest BCUT2D eigenvalue weighted by atomic mass is 9.98. The maximum atomic E-state index is 5.83. The topological polar surface area (TPSA) is 24.5 Å². The van der Waals surface area contributed by atoms with E-state index >= 15 is 0 Å². The lowest BCUT2D eigenvalue weighted by molar-refractivity contribution is -0.0626. The largest absolute Gasteiger partial charge is 0.375 e. The van der Waals surface area contributed by atoms with Crippen molar-refractivity contribution >= 4 is 0 Å². The van der Waals surface area contributed by atoms with E-state index in [0.717, 1.165) is 17.9 Å². The fourth-order valence-electron chi connectivity index (χ4n) is 3.86. The van der Waals surface area contributed by atoms with Crippen molar-refractivity contribution in [3.05, 3.63) is 0 Å². The predicted molar refractivity (Wildman–Crippen MR) is 64.5 cm³/mol. The van der Waals surface area contributed by atoms with E-state index in [1.165, 1.54) is 39.0 Å². The molecule has 0 bridgehead atoms. The fraction of sp³-hybridized carbons (Fsp3) is 1.00. The molecule has 1 N–H and O–H groups in total. The molecule has 3 rings (SSSR count). The van der Waals surface area contributed by atoms with Crippen LogP contribution in [0.25, 0.3) is 0 Å². The van der Waals surface area contributed by atoms with Crippen LogP contribution in [-0.2, 0) is 4.74 Å². The van der Waals surface area contributed by atoms with Crippen LogP contribution in [0.4, 0.5) is 0 Å². The van der Waals surface area contributed by atoms with Crippen molar-refractivity contribution in [3.8, 4) is 0 Å². The van der Waals surface area contributed by atoms with Gasteiger partial charge in [-0.1, -0.05) is 0 Å². The Balaban J connectivity index is 1.61. The summed E-state index contributed by atoms with van der Waals surface area (Å²) in [6, 6.07) is 0.782. The normalized spacial score (nSPS) is 49.5. The van der Waals surface area contributed by atoms with Crippen LogP contribution in [0.15, 0.2) is 0 Å². The third-order valence-electron chi connectivity index (χ3n) is 4.61. The SMILES string of the molecule is CC1CC(N2CC3CNCC3C2)CC(C)O1. The summed E-state index contributed by atoms with van der Waals surface area (Å²) in [5.74, 6) is 1.85. The van der Waals surface area contributed by atoms with E-state index in [1.54, 1.807) is 0 Å². The van der Waals surface area contributed by atoms with E-state index < -0.39 is 0 Å². The Morgan fingerprint density at radius 2 is 1.56 bits per heavy atom. The van der Waals surface area contributed by atoms with E-state index in [-0.39, 0.29) is 0 Å². The predicted octanol–water partition coefficient (Wildman–Crippen LogP) is 1.09. The van der Waals surface area contributed by atoms with Crippen LogP contribution >= 0.6 is 0 Å². The Kier molecular flexibility index (Phi) is 2.94. The highest BCUT2D eigenvalue weighted by atomic mass is 16.5. The van der Waals surface area contributed by atoms with E-state index in [2.05, 4.69) is 24.1 Å². The molecule has 0 spiro atoms. The van der Waals surface area contributed by atoms with Crippen molar-refractivity contribution < 1.29 is 4.74 Å². The highest BCUT2D eigenvalue weighted by Crippen LogP contribution is 2.32. The molecule has 92 valence electrons. The summed E-state index contributed by atoms with van der Waals surface area (Å²) in [7, 11) is 0. The number of nitrogens with zero attached hydrogens (tertiary/aromatic N) is 1. The molecule has 0 aromatic rings. The molecule has 0 aromatic heterocycles. The number of rotatable bonds is 1. The second kappa shape index (κ2) is 4.28. The number of fused-ring (bicyclic) bond motifs is 1. The van der Waals surface area contributed by atoms with Crippen molar-refractivity contribution in [2.45, 2.75) is 44.9 Å². The third kappa shape index (κ3) is 2.01. The molecule has 0 saturated carbocycles. The molecule has 3 aliphatic heterocycles. The van der Waals surface area contributed by atoms with Crippen LogP contribution in [0.1, 0.15) is 26.7 Å². The second-order valence-electron chi connectivity index (χ2n) is 6.01. The molecule has 0 aromatic carbocycles. The molecule has 16 heavy (non-hydrogen) atoms. The summed E-state index contributed by atoms with van der Waals surface area (Å²) in [6.45, 7) is 9.58. The molecule has 3 fully saturated rings. The lowest BCUT2D eigenvalue weighted by Gasteiger charge is -2.37. The van der Waals surface area contributed by atoms with Gasteiger partial charge in [-0.05, 0) is 51.6 Å². The summed E-state index contributed by atoms with van der Waals surface area (Å²) in [6.07, 6.45) is 3.37. The van der Waals surface area contributed by atoms with Crippen molar-refractivity contribution in [2.24, 2.45) is 11.8 Å². The Bertz CT molecular complexity index is 236. The van der Waals surface area contributed by atoms with Crippen molar-refractivity contribution in [3.63, 3.8) is 0 Å². The van der Waals surface area contributed by atoms with Gasteiger partial charge in [-0.25, -0.2) is 0 Å². The zero-order valence-corrected chi connectivity index (χ0v) is 10.5. The van der Waals surface area contributed by atoms with Gasteiger partial charge in [0, 0.05) is 19.1 Å². The van der Waals surface area contributed by atoms with Gasteiger partial charge >= 0.3 is 0 Å². The molecule has 3 aliphatic rings. The molecule has 0 aliphatic carbocycles. The zero-order valence-electron chi connectivity index (χ0n) is 10.5. The summed E-state index contributed by atoms with van der Waals surface area (Å²) in [5.41, 5.74) is 0. The Morgan fingerprint density at radius 1 is 1.00 bits per heavy atom. The number of hydrogen-bond acceptors (Lipinski definition) is 3. The highest BCUT2D eigenvalue weighted by Gasteiger charge is 2.40. The average molecular weight is 224 g/mol. The zero-order chi connectivity index (χ0) is 11.1. The molecule has 3 nitrogen and oxygen atoms in total. The molecular formula is C13H24N2O. The summed E-state index contributed by atoms with van der Waals surface area (Å²) < 4.78 is 5.83. The highest BCUT2D eigenvalue weighted by molar-refractivity contribution is 4.95. The molecule has 4 unspecified atom stereocenters. The Labute approximate surface area is 98.5 Å². The standard InChI is InChI=1S/C13H24N2O/c1-9-3-13(4-10(2)16-9)15-7-11-5-14-6-12(11)8-15/h9-14H,3-8H2,1-2H3. The van der Waals surface area contributed by atoms with E-state index in [1.807, 2.05) is 0 Å². The average Bonchev–Trinajstić information content (AvgIpc) is 2.74. The van der Waals surface area contributed by atoms with Crippen molar-refractivity contribution in [1.29, 1.82) is 0 Å². The molecule has 0 radical (unpaired) electrons. The fourth-order valence-corrected chi connectivity index (χ4v) is 3.86. The summed E-state index contributed by atoms with van der Waals surface area (Å²) >= 11 is 0. The van der Waals surface area contributed by atoms with Crippen LogP contribution < -0.4 is 5.32 Å². The van der Waals surface area contributed by atoms with Crippen molar-refractivity contribution in [1.82, 2.24) is 10.2 Å². The molecule has 4 atom stereocenters. The van der Waals surface area contributed by atoms with Gasteiger partial charge in [-0.2, -0.15) is 0 Å². The van der Waals surface area contributed by atoms with Gasteiger partial charge in [0.1, 0.15) is 0 Å². The van der Waals surface area contributed by atoms with E-state index in [9.17, 15) is 0 Å². The third-order valence-corrected chi connectivity index (χ3v) is 4.61. The maximum absolute atomic E-state index is 5.83. The molecular weight excluding hydrogens is 200 g/mol. The smallest absolute Gasteiger partial charge is 0.0565 e. The van der Waals surface area contributed by atoms with Gasteiger partial charge in [0.05, 0.1) is 12.2 Å². The van der Waals surface area contributed by atoms with Crippen molar-refractivity contribution in [2.75, 3.05) is 26.2 Å². The quantitative estimate of drug-likeness (QED) is 0.722. The minimum atomic E-state index is 0.451. The monoisotopic (exact) mass is 224 g/mol. The molecule has 0 amide bonds. The second-order valence-corrected chi connectivity index (χ2v) is 6.01. The first-order valence-corrected chi connectivity index (χ1v) is 6.82. The minimum Gasteiger partial charge on any atom is -0.375 e. The van der Waals surface area contributed by atoms with E-state index in [4.69, 9.17) is 4.74 Å². The number of likely N-dealkylation sites (tertiary alicyclic amines) is 1. The van der Waals surface area contributed by atoms with Gasteiger partial charge in [-0.15, -0.1) is 0 Å². The van der Waals surface area contributed by atoms with Crippen LogP contribution in [0.5, 0.6) is 0 Å². The number of ether oxygens (including phenoxy) is 1. The van der Waals surface area contributed by atoms with E-state index in [0.29, 0.717) is 12.2 Å². The minimum absolute atomic E-state index is 0.451. The van der Waals surface area contributed by atoms with Crippen LogP contribution in [0.3, 0.4) is 0 Å². The lowest BCUT2D eigenvalue weighted by Crippen LogP contribution is -2.44. The van der Waals surface area contributed by atoms with Gasteiger partial charge in [-0.3, -0.25) is 4.90 Å². The first-order valence-electron chi connectivity index (χ1n) is 6.82. The number of nitrogens with one attached hydrogen (secondary N) is 1. The van der Waals surface area contributed by atoms with Gasteiger partial charge in [0.25, 0.3) is 0 Å². The Hall–Kier alpha value is -0.120. The maximum Gasteiger partial charge on any atom is 0.0565 e. The summed E-state index contributed by atoms with van der Waals surface area (Å²) in [4.78, 5) is 2.74. The van der Waals surface area contributed by atoms with Gasteiger partial charge < -0.3 is 10.1 Å². The first kappa shape index (κ1) is 11.0. The number of hydrogen-bond donors (Lipinski definition) is 1. The van der Waals surface area contributed by atoms with Crippen LogP contribution in [-0.4, -0.2) is 49.3 Å². The van der Waals surface area contributed by atoms with Crippen LogP contribution in [0.2, 0.25) is 0 Å². The van der Waals surface area contributed by atoms with Gasteiger partial charge in [0.15, 0.2) is 0 Å². The Morgan fingerprint density at radius 3 is 2.12 bits per heavy atom. The summed E-state index contributed by atoms with van der Waals surface area (Å²) in [5, 5.41) is 3.51.